The number of hydrogen-bond acceptors (Lipinski definition) is 4. The molecule has 27 heavy (non-hydrogen) atoms. The molecule has 1 aliphatic heterocycles. The number of ether oxygens (including phenoxy) is 1. The summed E-state index contributed by atoms with van der Waals surface area (Å²) in [7, 11) is 1.36. The molecule has 1 saturated heterocycles. The van der Waals surface area contributed by atoms with Crippen molar-refractivity contribution in [2.45, 2.75) is 58.6 Å². The zero-order valence-electron chi connectivity index (χ0n) is 16.8. The number of hydrogen-bond donors (Lipinski definition) is 1. The third-order valence-electron chi connectivity index (χ3n) is 4.77. The minimum absolute atomic E-state index is 0.0430. The highest BCUT2D eigenvalue weighted by Gasteiger charge is 2.28. The van der Waals surface area contributed by atoms with Gasteiger partial charge in [0.25, 0.3) is 0 Å². The first-order chi connectivity index (χ1) is 12.7. The maximum atomic E-state index is 12.2. The van der Waals surface area contributed by atoms with Gasteiger partial charge in [-0.3, -0.25) is 4.79 Å². The summed E-state index contributed by atoms with van der Waals surface area (Å²) in [5.41, 5.74) is 1.65. The summed E-state index contributed by atoms with van der Waals surface area (Å²) in [6.07, 6.45) is 6.06. The average Bonchev–Trinajstić information content (AvgIpc) is 2.96. The number of aliphatic hydroxyl groups excluding tert-OH is 1. The quantitative estimate of drug-likeness (QED) is 0.588. The van der Waals surface area contributed by atoms with Crippen LogP contribution in [0.5, 0.6) is 0 Å². The van der Waals surface area contributed by atoms with Gasteiger partial charge >= 0.3 is 5.97 Å². The maximum Gasteiger partial charge on any atom is 0.337 e. The van der Waals surface area contributed by atoms with Gasteiger partial charge in [0.05, 0.1) is 24.8 Å². The van der Waals surface area contributed by atoms with Gasteiger partial charge in [0.15, 0.2) is 0 Å². The van der Waals surface area contributed by atoms with Crippen molar-refractivity contribution < 1.29 is 19.4 Å². The fourth-order valence-electron chi connectivity index (χ4n) is 3.37. The molecule has 1 aromatic rings. The molecule has 1 amide bonds. The molecule has 0 aromatic heterocycles. The number of carbonyl (C=O) groups excluding carboxylic acids is 2. The van der Waals surface area contributed by atoms with Crippen molar-refractivity contribution in [2.75, 3.05) is 13.7 Å². The Morgan fingerprint density at radius 3 is 2.59 bits per heavy atom. The lowest BCUT2D eigenvalue weighted by Gasteiger charge is -2.24. The summed E-state index contributed by atoms with van der Waals surface area (Å²) in [5.74, 6) is -0.198. The Morgan fingerprint density at radius 2 is 2.00 bits per heavy atom. The number of amides is 1. The first-order valence-electron chi connectivity index (χ1n) is 9.53. The number of benzene rings is 1. The summed E-state index contributed by atoms with van der Waals surface area (Å²) in [6.45, 7) is 6.92. The molecule has 0 spiro atoms. The van der Waals surface area contributed by atoms with Gasteiger partial charge in [-0.05, 0) is 42.4 Å². The number of nitrogens with zero attached hydrogens (tertiary/aromatic N) is 1. The molecule has 1 aliphatic rings. The number of carbonyl (C=O) groups is 2. The van der Waals surface area contributed by atoms with Crippen molar-refractivity contribution in [3.05, 3.63) is 47.5 Å². The van der Waals surface area contributed by atoms with Gasteiger partial charge in [-0.2, -0.15) is 0 Å². The van der Waals surface area contributed by atoms with Gasteiger partial charge in [0.1, 0.15) is 0 Å². The van der Waals surface area contributed by atoms with Crippen LogP contribution in [-0.2, 0) is 16.0 Å². The van der Waals surface area contributed by atoms with E-state index in [0.717, 1.165) is 18.4 Å². The van der Waals surface area contributed by atoms with Crippen LogP contribution in [0.2, 0.25) is 0 Å². The Kier molecular flexibility index (Phi) is 7.19. The minimum atomic E-state index is -0.492. The number of likely N-dealkylation sites (tertiary alicyclic amines) is 1. The molecular weight excluding hydrogens is 342 g/mol. The normalized spacial score (nSPS) is 18.9. The standard InChI is InChI=1S/C22H31NO4/c1-22(2,3)15-19(24)11-9-18-10-12-20(25)23(18)14-13-16-5-7-17(8-6-16)21(26)27-4/h5-9,11,18-19,24H,10,12-15H2,1-4H3/t18-,19+/m0/s1. The van der Waals surface area contributed by atoms with E-state index >= 15 is 0 Å². The molecule has 0 unspecified atom stereocenters. The van der Waals surface area contributed by atoms with Crippen molar-refractivity contribution >= 4 is 11.9 Å². The van der Waals surface area contributed by atoms with E-state index in [9.17, 15) is 14.7 Å². The lowest BCUT2D eigenvalue weighted by Crippen LogP contribution is -2.33. The van der Waals surface area contributed by atoms with Crippen LogP contribution in [-0.4, -0.2) is 47.7 Å². The van der Waals surface area contributed by atoms with E-state index in [1.807, 2.05) is 29.2 Å². The smallest absolute Gasteiger partial charge is 0.337 e. The molecule has 1 fully saturated rings. The zero-order valence-corrected chi connectivity index (χ0v) is 16.8. The van der Waals surface area contributed by atoms with Crippen LogP contribution in [0.15, 0.2) is 36.4 Å². The van der Waals surface area contributed by atoms with Crippen LogP contribution >= 0.6 is 0 Å². The summed E-state index contributed by atoms with van der Waals surface area (Å²) in [6, 6.07) is 7.32. The van der Waals surface area contributed by atoms with Crippen molar-refractivity contribution in [1.29, 1.82) is 0 Å². The molecule has 1 N–H and O–H groups in total. The molecule has 1 aromatic carbocycles. The first kappa shape index (κ1) is 21.2. The van der Waals surface area contributed by atoms with Gasteiger partial charge in [-0.25, -0.2) is 4.79 Å². The third-order valence-corrected chi connectivity index (χ3v) is 4.77. The van der Waals surface area contributed by atoms with Crippen LogP contribution in [0.1, 0.15) is 56.0 Å². The largest absolute Gasteiger partial charge is 0.465 e. The zero-order chi connectivity index (χ0) is 20.0. The van der Waals surface area contributed by atoms with Gasteiger partial charge in [-0.15, -0.1) is 0 Å². The predicted octanol–water partition coefficient (Wildman–Crippen LogP) is 3.36. The SMILES string of the molecule is COC(=O)c1ccc(CCN2C(=O)CC[C@@H]2C=C[C@@H](O)CC(C)(C)C)cc1. The molecule has 5 heteroatoms. The highest BCUT2D eigenvalue weighted by atomic mass is 16.5. The third kappa shape index (κ3) is 6.51. The Hall–Kier alpha value is -2.14. The van der Waals surface area contributed by atoms with E-state index in [0.29, 0.717) is 24.9 Å². The number of rotatable bonds is 7. The second-order valence-corrected chi connectivity index (χ2v) is 8.35. The second kappa shape index (κ2) is 9.18. The molecule has 0 aliphatic carbocycles. The molecule has 2 atom stereocenters. The summed E-state index contributed by atoms with van der Waals surface area (Å²) < 4.78 is 4.70. The summed E-state index contributed by atoms with van der Waals surface area (Å²) >= 11 is 0. The van der Waals surface area contributed by atoms with E-state index in [1.54, 1.807) is 12.1 Å². The molecular formula is C22H31NO4. The summed E-state index contributed by atoms with van der Waals surface area (Å²) in [4.78, 5) is 25.6. The van der Waals surface area contributed by atoms with Crippen molar-refractivity contribution in [2.24, 2.45) is 5.41 Å². The van der Waals surface area contributed by atoms with Crippen LogP contribution in [0.25, 0.3) is 0 Å². The van der Waals surface area contributed by atoms with Gasteiger partial charge < -0.3 is 14.7 Å². The number of esters is 1. The Morgan fingerprint density at radius 1 is 1.33 bits per heavy atom. The summed E-state index contributed by atoms with van der Waals surface area (Å²) in [5, 5.41) is 10.2. The van der Waals surface area contributed by atoms with Crippen molar-refractivity contribution in [3.8, 4) is 0 Å². The fourth-order valence-corrected chi connectivity index (χ4v) is 3.37. The molecule has 0 saturated carbocycles. The van der Waals surface area contributed by atoms with Crippen LogP contribution < -0.4 is 0 Å². The fraction of sp³-hybridized carbons (Fsp3) is 0.545. The van der Waals surface area contributed by atoms with Crippen LogP contribution in [0.4, 0.5) is 0 Å². The minimum Gasteiger partial charge on any atom is -0.465 e. The molecule has 2 rings (SSSR count). The molecule has 1 heterocycles. The van der Waals surface area contributed by atoms with E-state index in [2.05, 4.69) is 20.8 Å². The van der Waals surface area contributed by atoms with E-state index < -0.39 is 6.10 Å². The van der Waals surface area contributed by atoms with Crippen LogP contribution in [0.3, 0.4) is 0 Å². The average molecular weight is 373 g/mol. The molecule has 5 nitrogen and oxygen atoms in total. The van der Waals surface area contributed by atoms with Crippen molar-refractivity contribution in [3.63, 3.8) is 0 Å². The van der Waals surface area contributed by atoms with Gasteiger partial charge in [0, 0.05) is 13.0 Å². The Labute approximate surface area is 162 Å². The monoisotopic (exact) mass is 373 g/mol. The maximum absolute atomic E-state index is 12.2. The van der Waals surface area contributed by atoms with Gasteiger partial charge in [-0.1, -0.05) is 45.1 Å². The van der Waals surface area contributed by atoms with Crippen LogP contribution in [0, 0.1) is 5.41 Å². The van der Waals surface area contributed by atoms with E-state index in [-0.39, 0.29) is 23.3 Å². The van der Waals surface area contributed by atoms with E-state index in [1.165, 1.54) is 7.11 Å². The second-order valence-electron chi connectivity index (χ2n) is 8.35. The topological polar surface area (TPSA) is 66.8 Å². The van der Waals surface area contributed by atoms with E-state index in [4.69, 9.17) is 4.74 Å². The Balaban J connectivity index is 1.93. The first-order valence-corrected chi connectivity index (χ1v) is 9.53. The lowest BCUT2D eigenvalue weighted by molar-refractivity contribution is -0.128. The predicted molar refractivity (Wildman–Crippen MR) is 105 cm³/mol. The lowest BCUT2D eigenvalue weighted by atomic mass is 9.89. The van der Waals surface area contributed by atoms with Crippen molar-refractivity contribution in [1.82, 2.24) is 4.90 Å². The molecule has 0 radical (unpaired) electrons. The van der Waals surface area contributed by atoms with Gasteiger partial charge in [0.2, 0.25) is 5.91 Å². The molecule has 0 bridgehead atoms. The highest BCUT2D eigenvalue weighted by Crippen LogP contribution is 2.24. The Bertz CT molecular complexity index is 673. The highest BCUT2D eigenvalue weighted by molar-refractivity contribution is 5.89. The number of methoxy groups -OCH3 is 1. The molecule has 148 valence electrons. The number of aliphatic hydroxyl groups is 1.